The average Bonchev–Trinajstić information content (AvgIpc) is 3.41. The Morgan fingerprint density at radius 1 is 1.07 bits per heavy atom. The topological polar surface area (TPSA) is 160 Å². The number of rotatable bonds is 9. The fraction of sp³-hybridized carbons (Fsp3) is 0.469. The molecule has 12 heteroatoms. The summed E-state index contributed by atoms with van der Waals surface area (Å²) < 4.78 is 17.0. The Morgan fingerprint density at radius 2 is 1.77 bits per heavy atom. The second-order valence-corrected chi connectivity index (χ2v) is 12.7. The third kappa shape index (κ3) is 11.2. The van der Waals surface area contributed by atoms with Crippen molar-refractivity contribution >= 4 is 30.2 Å². The van der Waals surface area contributed by atoms with Gasteiger partial charge in [-0.3, -0.25) is 15.2 Å². The van der Waals surface area contributed by atoms with E-state index in [4.69, 9.17) is 20.1 Å². The first-order valence-electron chi connectivity index (χ1n) is 14.4. The van der Waals surface area contributed by atoms with E-state index in [1.54, 1.807) is 61.0 Å². The van der Waals surface area contributed by atoms with Gasteiger partial charge in [0.25, 0.3) is 5.91 Å². The molecular weight excluding hydrogens is 564 g/mol. The van der Waals surface area contributed by atoms with E-state index < -0.39 is 23.2 Å². The molecule has 12 nitrogen and oxygen atoms in total. The van der Waals surface area contributed by atoms with E-state index in [2.05, 4.69) is 11.1 Å². The number of benzene rings is 1. The van der Waals surface area contributed by atoms with Gasteiger partial charge in [0, 0.05) is 38.6 Å². The molecule has 44 heavy (non-hydrogen) atoms. The molecule has 3 amide bonds. The first kappa shape index (κ1) is 33.9. The lowest BCUT2D eigenvalue weighted by Gasteiger charge is -2.30. The largest absolute Gasteiger partial charge is 0.484 e. The summed E-state index contributed by atoms with van der Waals surface area (Å²) in [5.41, 5.74) is 3.34. The second-order valence-electron chi connectivity index (χ2n) is 12.7. The molecule has 1 saturated heterocycles. The van der Waals surface area contributed by atoms with Crippen LogP contribution in [0.2, 0.25) is 0 Å². The van der Waals surface area contributed by atoms with Gasteiger partial charge in [0.15, 0.2) is 6.61 Å². The molecule has 0 bridgehead atoms. The zero-order valence-electron chi connectivity index (χ0n) is 26.3. The summed E-state index contributed by atoms with van der Waals surface area (Å²) in [5.74, 6) is 5.12. The monoisotopic (exact) mass is 606 g/mol. The van der Waals surface area contributed by atoms with Crippen LogP contribution >= 0.6 is 0 Å². The third-order valence-corrected chi connectivity index (χ3v) is 6.32. The van der Waals surface area contributed by atoms with Crippen molar-refractivity contribution < 1.29 is 28.6 Å². The second kappa shape index (κ2) is 14.7. The minimum Gasteiger partial charge on any atom is -0.484 e. The number of ether oxygens (including phenoxy) is 3. The molecule has 1 aromatic carbocycles. The number of pyridine rings is 1. The molecule has 1 aliphatic heterocycles. The van der Waals surface area contributed by atoms with Gasteiger partial charge in [0.2, 0.25) is 0 Å². The Kier molecular flexibility index (Phi) is 11.3. The Morgan fingerprint density at radius 3 is 2.43 bits per heavy atom. The lowest BCUT2D eigenvalue weighted by Crippen LogP contribution is -2.40. The molecule has 1 aliphatic rings. The summed E-state index contributed by atoms with van der Waals surface area (Å²) in [4.78, 5) is 45.2. The smallest absolute Gasteiger partial charge is 0.410 e. The molecule has 3 N–H and O–H groups in total. The van der Waals surface area contributed by atoms with Crippen molar-refractivity contribution in [1.82, 2.24) is 20.2 Å². The summed E-state index contributed by atoms with van der Waals surface area (Å²) in [6, 6.07) is 9.17. The molecule has 3 rings (SSSR count). The zero-order chi connectivity index (χ0) is 32.5. The number of hydrogen-bond donors (Lipinski definition) is 2. The van der Waals surface area contributed by atoms with Crippen LogP contribution in [0.15, 0.2) is 36.7 Å². The maximum Gasteiger partial charge on any atom is 0.410 e. The predicted octanol–water partition coefficient (Wildman–Crippen LogP) is 4.49. The summed E-state index contributed by atoms with van der Waals surface area (Å²) in [6.45, 7) is 12.1. The van der Waals surface area contributed by atoms with Gasteiger partial charge in [-0.05, 0) is 94.8 Å². The fourth-order valence-electron chi connectivity index (χ4n) is 4.49. The fourth-order valence-corrected chi connectivity index (χ4v) is 4.49. The lowest BCUT2D eigenvalue weighted by molar-refractivity contribution is -0.123. The molecule has 1 unspecified atom stereocenters. The summed E-state index contributed by atoms with van der Waals surface area (Å²) >= 11 is 0. The highest BCUT2D eigenvalue weighted by Crippen LogP contribution is 2.25. The number of nitriles is 1. The van der Waals surface area contributed by atoms with Gasteiger partial charge in [0.05, 0.1) is 5.56 Å². The molecule has 236 valence electrons. The quantitative estimate of drug-likeness (QED) is 0.238. The summed E-state index contributed by atoms with van der Waals surface area (Å²) in [6.07, 6.45) is 6.59. The molecule has 2 heterocycles. The zero-order valence-corrected chi connectivity index (χ0v) is 26.3. The number of nitrogens with zero attached hydrogens (tertiary/aromatic N) is 4. The van der Waals surface area contributed by atoms with Crippen LogP contribution in [-0.4, -0.2) is 70.3 Å². The van der Waals surface area contributed by atoms with Crippen LogP contribution in [0.5, 0.6) is 5.75 Å². The highest BCUT2D eigenvalue weighted by atomic mass is 16.6. The number of amides is 3. The Balaban J connectivity index is 1.87. The first-order valence-corrected chi connectivity index (χ1v) is 14.4. The van der Waals surface area contributed by atoms with Gasteiger partial charge in [-0.15, -0.1) is 0 Å². The molecule has 0 aliphatic carbocycles. The van der Waals surface area contributed by atoms with Crippen LogP contribution in [-0.2, 0) is 20.8 Å². The third-order valence-electron chi connectivity index (χ3n) is 6.32. The van der Waals surface area contributed by atoms with Gasteiger partial charge >= 0.3 is 12.2 Å². The normalized spacial score (nSPS) is 15.0. The highest BCUT2D eigenvalue weighted by molar-refractivity contribution is 5.77. The number of hydrazine groups is 1. The summed E-state index contributed by atoms with van der Waals surface area (Å²) in [5, 5.41) is 9.19. The Hall–Kier alpha value is -4.63. The predicted molar refractivity (Wildman–Crippen MR) is 165 cm³/mol. The minimum absolute atomic E-state index is 0.0157. The van der Waals surface area contributed by atoms with Gasteiger partial charge in [-0.2, -0.15) is 5.26 Å². The molecule has 1 atom stereocenters. The molecule has 1 fully saturated rings. The average molecular weight is 607 g/mol. The van der Waals surface area contributed by atoms with E-state index >= 15 is 0 Å². The Bertz CT molecular complexity index is 1410. The van der Waals surface area contributed by atoms with Gasteiger partial charge < -0.3 is 24.0 Å². The van der Waals surface area contributed by atoms with Crippen molar-refractivity contribution in [2.45, 2.75) is 65.7 Å². The van der Waals surface area contributed by atoms with E-state index in [1.165, 1.54) is 6.20 Å². The van der Waals surface area contributed by atoms with Crippen molar-refractivity contribution in [3.8, 4) is 11.8 Å². The van der Waals surface area contributed by atoms with E-state index in [1.807, 2.05) is 38.3 Å². The van der Waals surface area contributed by atoms with Crippen molar-refractivity contribution in [2.75, 3.05) is 26.2 Å². The highest BCUT2D eigenvalue weighted by Gasteiger charge is 2.33. The van der Waals surface area contributed by atoms with E-state index in [0.29, 0.717) is 37.4 Å². The number of carbonyl (C=O) groups is 3. The summed E-state index contributed by atoms with van der Waals surface area (Å²) in [7, 11) is 0. The molecule has 1 aromatic heterocycles. The van der Waals surface area contributed by atoms with Gasteiger partial charge in [-0.25, -0.2) is 15.4 Å². The van der Waals surface area contributed by atoms with Crippen molar-refractivity contribution in [2.24, 2.45) is 11.8 Å². The van der Waals surface area contributed by atoms with Crippen LogP contribution in [0.4, 0.5) is 9.59 Å². The van der Waals surface area contributed by atoms with Crippen molar-refractivity contribution in [3.05, 3.63) is 58.9 Å². The van der Waals surface area contributed by atoms with Crippen LogP contribution in [0.1, 0.15) is 70.2 Å². The Labute approximate surface area is 258 Å². The van der Waals surface area contributed by atoms with Crippen LogP contribution in [0, 0.1) is 17.2 Å². The molecule has 0 spiro atoms. The van der Waals surface area contributed by atoms with Crippen LogP contribution < -0.4 is 16.0 Å². The number of carbonyl (C=O) groups excluding carboxylic acids is 3. The number of hydrogen-bond acceptors (Lipinski definition) is 9. The molecule has 2 aromatic rings. The molecule has 0 radical (unpaired) electrons. The van der Waals surface area contributed by atoms with Gasteiger partial charge in [0.1, 0.15) is 23.0 Å². The number of nitrogens with one attached hydrogen (secondary N) is 1. The van der Waals surface area contributed by atoms with Crippen molar-refractivity contribution in [3.63, 3.8) is 0 Å². The SMILES string of the molecule is CC(C)(C)OC(=O)N1CCC(CN(Cc2cc(C=Cc3cncc(C#N)c3)cc(OCC(=O)NN)c2)C(=O)OC(C)(C)C)C1. The van der Waals surface area contributed by atoms with E-state index in [0.717, 1.165) is 16.7 Å². The first-order chi connectivity index (χ1) is 20.6. The molecular formula is C32H42N6O6. The maximum atomic E-state index is 13.4. The lowest BCUT2D eigenvalue weighted by atomic mass is 10.1. The number of likely N-dealkylation sites (tertiary alicyclic amines) is 1. The number of aromatic nitrogens is 1. The maximum absolute atomic E-state index is 13.4. The molecule has 0 saturated carbocycles. The van der Waals surface area contributed by atoms with Gasteiger partial charge in [-0.1, -0.05) is 12.2 Å². The van der Waals surface area contributed by atoms with Crippen LogP contribution in [0.3, 0.4) is 0 Å². The van der Waals surface area contributed by atoms with Crippen LogP contribution in [0.25, 0.3) is 12.2 Å². The van der Waals surface area contributed by atoms with E-state index in [9.17, 15) is 19.6 Å². The number of nitrogens with two attached hydrogens (primary N) is 1. The standard InChI is InChI=1S/C32H42N6O6/c1-31(2,3)43-29(40)37-10-9-24(18-37)19-38(30(41)44-32(4,5)6)20-25-11-22(13-27(14-25)42-21-28(39)36-34)7-8-23-12-26(15-33)17-35-16-23/h7-8,11-14,16-17,24H,9-10,18-21,34H2,1-6H3,(H,36,39). The van der Waals surface area contributed by atoms with E-state index in [-0.39, 0.29) is 25.2 Å². The minimum atomic E-state index is -0.714. The van der Waals surface area contributed by atoms with Crippen molar-refractivity contribution in [1.29, 1.82) is 5.26 Å².